The van der Waals surface area contributed by atoms with Crippen LogP contribution in [0.4, 0.5) is 0 Å². The van der Waals surface area contributed by atoms with Crippen LogP contribution in [0.5, 0.6) is 0 Å². The number of aliphatic hydroxyl groups is 1. The summed E-state index contributed by atoms with van der Waals surface area (Å²) in [5.41, 5.74) is 0. The van der Waals surface area contributed by atoms with Gasteiger partial charge in [-0.15, -0.1) is 0 Å². The number of hydrogen-bond donors (Lipinski definition) is 1. The number of aliphatic hydroxyl groups excluding tert-OH is 1. The average molecular weight is 389 g/mol. The molecule has 2 heteroatoms. The molecule has 120 valence electrons. The van der Waals surface area contributed by atoms with Gasteiger partial charge in [0.1, 0.15) is 0 Å². The molecule has 0 spiro atoms. The van der Waals surface area contributed by atoms with Crippen LogP contribution in [0, 0.1) is 0 Å². The Labute approximate surface area is 132 Å². The van der Waals surface area contributed by atoms with Crippen LogP contribution in [0.15, 0.2) is 9.67 Å². The third-order valence-electron chi connectivity index (χ3n) is 4.53. The fourth-order valence-corrected chi connectivity index (χ4v) is 20.9. The number of hydrogen-bond acceptors (Lipinski definition) is 1. The molecule has 0 fully saturated rings. The summed E-state index contributed by atoms with van der Waals surface area (Å²) in [6.45, 7) is 11.2. The number of allylic oxidation sites excluding steroid dienone is 1. The van der Waals surface area contributed by atoms with E-state index in [1.165, 1.54) is 58.3 Å². The van der Waals surface area contributed by atoms with Crippen molar-refractivity contribution in [2.75, 3.05) is 0 Å². The van der Waals surface area contributed by atoms with Gasteiger partial charge >= 0.3 is 132 Å². The van der Waals surface area contributed by atoms with E-state index in [0.29, 0.717) is 0 Å². The van der Waals surface area contributed by atoms with Crippen molar-refractivity contribution in [1.82, 2.24) is 0 Å². The predicted molar refractivity (Wildman–Crippen MR) is 95.0 cm³/mol. The fourth-order valence-electron chi connectivity index (χ4n) is 3.36. The summed E-state index contributed by atoms with van der Waals surface area (Å²) in [6.07, 6.45) is 11.3. The van der Waals surface area contributed by atoms with Crippen LogP contribution < -0.4 is 0 Å². The van der Waals surface area contributed by atoms with Crippen molar-refractivity contribution >= 4 is 18.4 Å². The summed E-state index contributed by atoms with van der Waals surface area (Å²) >= 11 is -2.22. The monoisotopic (exact) mass is 390 g/mol. The summed E-state index contributed by atoms with van der Waals surface area (Å²) in [6, 6.07) is 0. The van der Waals surface area contributed by atoms with Gasteiger partial charge in [0.2, 0.25) is 0 Å². The quantitative estimate of drug-likeness (QED) is 0.401. The Balaban J connectivity index is 5.28. The van der Waals surface area contributed by atoms with E-state index in [-0.39, 0.29) is 6.10 Å². The van der Waals surface area contributed by atoms with Gasteiger partial charge in [0, 0.05) is 0 Å². The molecule has 1 atom stereocenters. The predicted octanol–water partition coefficient (Wildman–Crippen LogP) is 6.09. The molecule has 0 amide bonds. The van der Waals surface area contributed by atoms with E-state index in [2.05, 4.69) is 33.8 Å². The molecule has 0 bridgehead atoms. The van der Waals surface area contributed by atoms with E-state index in [0.717, 1.165) is 0 Å². The molecule has 0 aromatic heterocycles. The average Bonchev–Trinajstić information content (AvgIpc) is 2.44. The molecular formula is C18H38OSn. The van der Waals surface area contributed by atoms with Crippen LogP contribution in [0.3, 0.4) is 0 Å². The van der Waals surface area contributed by atoms with Gasteiger partial charge < -0.3 is 0 Å². The van der Waals surface area contributed by atoms with Crippen molar-refractivity contribution in [3.8, 4) is 0 Å². The van der Waals surface area contributed by atoms with Crippen molar-refractivity contribution in [3.05, 3.63) is 9.67 Å². The molecule has 0 aliphatic heterocycles. The van der Waals surface area contributed by atoms with Gasteiger partial charge in [0.05, 0.1) is 0 Å². The summed E-state index contributed by atoms with van der Waals surface area (Å²) in [5.74, 6) is 0. The maximum absolute atomic E-state index is 9.85. The van der Waals surface area contributed by atoms with Gasteiger partial charge in [-0.05, 0) is 0 Å². The Bertz CT molecular complexity index is 236. The molecule has 0 aromatic carbocycles. The zero-order chi connectivity index (χ0) is 15.4. The zero-order valence-electron chi connectivity index (χ0n) is 14.7. The first-order valence-electron chi connectivity index (χ1n) is 8.95. The summed E-state index contributed by atoms with van der Waals surface area (Å²) in [7, 11) is 0. The van der Waals surface area contributed by atoms with Gasteiger partial charge in [-0.3, -0.25) is 0 Å². The second-order valence-corrected chi connectivity index (χ2v) is 19.8. The third kappa shape index (κ3) is 7.49. The molecule has 0 aliphatic carbocycles. The molecule has 0 saturated heterocycles. The first kappa shape index (κ1) is 20.5. The second-order valence-electron chi connectivity index (χ2n) is 6.38. The van der Waals surface area contributed by atoms with Crippen LogP contribution in [-0.2, 0) is 0 Å². The Hall–Kier alpha value is 0.499. The Kier molecular flexibility index (Phi) is 12.4. The molecule has 0 rings (SSSR count). The molecule has 0 unspecified atom stereocenters. The zero-order valence-corrected chi connectivity index (χ0v) is 17.5. The molecule has 20 heavy (non-hydrogen) atoms. The number of unbranched alkanes of at least 4 members (excludes halogenated alkanes) is 3. The molecule has 0 radical (unpaired) electrons. The third-order valence-corrected chi connectivity index (χ3v) is 21.1. The van der Waals surface area contributed by atoms with E-state index in [9.17, 15) is 5.11 Å². The van der Waals surface area contributed by atoms with E-state index in [4.69, 9.17) is 0 Å². The van der Waals surface area contributed by atoms with E-state index < -0.39 is 18.4 Å². The van der Waals surface area contributed by atoms with E-state index >= 15 is 0 Å². The van der Waals surface area contributed by atoms with Gasteiger partial charge in [0.25, 0.3) is 0 Å². The minimum atomic E-state index is -2.22. The minimum absolute atomic E-state index is 0.258. The SMILES string of the molecule is CCC[CH2][Sn]([CH2]CCC)([CH2]CCC)/[C](=C/[C@@H](C)O)CC. The summed E-state index contributed by atoms with van der Waals surface area (Å²) < 4.78 is 6.26. The maximum atomic E-state index is 9.85. The van der Waals surface area contributed by atoms with Crippen molar-refractivity contribution in [2.45, 2.75) is 99.0 Å². The Morgan fingerprint density at radius 2 is 1.30 bits per heavy atom. The molecule has 0 heterocycles. The van der Waals surface area contributed by atoms with Crippen molar-refractivity contribution in [1.29, 1.82) is 0 Å². The second kappa shape index (κ2) is 12.1. The van der Waals surface area contributed by atoms with Crippen LogP contribution >= 0.6 is 0 Å². The molecule has 0 saturated carbocycles. The molecular weight excluding hydrogens is 351 g/mol. The van der Waals surface area contributed by atoms with Crippen molar-refractivity contribution < 1.29 is 5.11 Å². The van der Waals surface area contributed by atoms with Gasteiger partial charge in [-0.2, -0.15) is 0 Å². The normalized spacial score (nSPS) is 14.6. The van der Waals surface area contributed by atoms with E-state index in [1.54, 1.807) is 3.59 Å². The molecule has 1 N–H and O–H groups in total. The van der Waals surface area contributed by atoms with Crippen LogP contribution in [0.2, 0.25) is 13.3 Å². The Morgan fingerprint density at radius 1 is 0.900 bits per heavy atom. The molecule has 1 nitrogen and oxygen atoms in total. The first-order valence-corrected chi connectivity index (χ1v) is 16.4. The van der Waals surface area contributed by atoms with Crippen LogP contribution in [0.25, 0.3) is 0 Å². The topological polar surface area (TPSA) is 20.2 Å². The fraction of sp³-hybridized carbons (Fsp3) is 0.889. The molecule has 0 aromatic rings. The summed E-state index contributed by atoms with van der Waals surface area (Å²) in [4.78, 5) is 0. The van der Waals surface area contributed by atoms with Crippen molar-refractivity contribution in [2.24, 2.45) is 0 Å². The summed E-state index contributed by atoms with van der Waals surface area (Å²) in [5, 5.41) is 9.85. The number of rotatable bonds is 12. The van der Waals surface area contributed by atoms with Gasteiger partial charge in [-0.25, -0.2) is 0 Å². The first-order chi connectivity index (χ1) is 9.56. The Morgan fingerprint density at radius 3 is 1.55 bits per heavy atom. The van der Waals surface area contributed by atoms with Gasteiger partial charge in [-0.1, -0.05) is 0 Å². The van der Waals surface area contributed by atoms with Crippen LogP contribution in [-0.4, -0.2) is 29.6 Å². The van der Waals surface area contributed by atoms with E-state index in [1.807, 2.05) is 6.92 Å². The standard InChI is InChI=1S/C6H11O.3C4H9.Sn/c1-3-4-5-6(2)7;3*1-3-4-2;/h5-7H,3H2,1-2H3;3*1,3-4H2,2H3;/t6-;;;;/m1..../s1. The van der Waals surface area contributed by atoms with Crippen molar-refractivity contribution in [3.63, 3.8) is 0 Å². The molecule has 0 aliphatic rings. The van der Waals surface area contributed by atoms with Gasteiger partial charge in [0.15, 0.2) is 0 Å². The van der Waals surface area contributed by atoms with Crippen LogP contribution in [0.1, 0.15) is 79.6 Å².